The minimum atomic E-state index is 0.826. The van der Waals surface area contributed by atoms with Gasteiger partial charge >= 0.3 is 0 Å². The summed E-state index contributed by atoms with van der Waals surface area (Å²) < 4.78 is 10.8. The monoisotopic (exact) mass is 535 g/mol. The van der Waals surface area contributed by atoms with Crippen LogP contribution in [0, 0.1) is 11.8 Å². The van der Waals surface area contributed by atoms with Crippen molar-refractivity contribution in [2.75, 3.05) is 19.1 Å². The second-order valence-electron chi connectivity index (χ2n) is 10.3. The van der Waals surface area contributed by atoms with Crippen molar-refractivity contribution in [2.45, 2.75) is 25.7 Å². The third-order valence-corrected chi connectivity index (χ3v) is 7.71. The highest BCUT2D eigenvalue weighted by Crippen LogP contribution is 2.36. The smallest absolute Gasteiger partial charge is 0.119 e. The molecule has 5 aromatic rings. The lowest BCUT2D eigenvalue weighted by Gasteiger charge is -2.25. The van der Waals surface area contributed by atoms with Crippen molar-refractivity contribution >= 4 is 17.1 Å². The predicted molar refractivity (Wildman–Crippen MR) is 168 cm³/mol. The lowest BCUT2D eigenvalue weighted by molar-refractivity contribution is 0.415. The maximum Gasteiger partial charge on any atom is 0.119 e. The van der Waals surface area contributed by atoms with Crippen molar-refractivity contribution in [3.8, 4) is 23.3 Å². The Morgan fingerprint density at radius 2 is 0.951 bits per heavy atom. The van der Waals surface area contributed by atoms with Crippen LogP contribution in [-0.2, 0) is 25.7 Å². The minimum Gasteiger partial charge on any atom is -0.497 e. The van der Waals surface area contributed by atoms with Gasteiger partial charge < -0.3 is 14.4 Å². The van der Waals surface area contributed by atoms with Crippen LogP contribution in [0.5, 0.6) is 11.5 Å². The molecule has 41 heavy (non-hydrogen) atoms. The Morgan fingerprint density at radius 1 is 0.488 bits per heavy atom. The van der Waals surface area contributed by atoms with Gasteiger partial charge in [-0.05, 0) is 127 Å². The van der Waals surface area contributed by atoms with Crippen molar-refractivity contribution in [2.24, 2.45) is 0 Å². The Hall–Kier alpha value is -4.94. The molecule has 4 aliphatic rings. The van der Waals surface area contributed by atoms with Gasteiger partial charge in [0.2, 0.25) is 0 Å². The van der Waals surface area contributed by atoms with Gasteiger partial charge in [0.15, 0.2) is 0 Å². The van der Waals surface area contributed by atoms with Crippen molar-refractivity contribution in [3.05, 3.63) is 149 Å². The van der Waals surface area contributed by atoms with Crippen molar-refractivity contribution in [1.29, 1.82) is 0 Å². The SMILES string of the molecule is COc1ccc(N(c2ccc(C#Cc3cc4ccc3CCc3ccc(cc3)CC4)cc2)c2ccc(OC)cc2)cc1. The molecular weight excluding hydrogens is 502 g/mol. The van der Waals surface area contributed by atoms with Crippen molar-refractivity contribution in [1.82, 2.24) is 0 Å². The summed E-state index contributed by atoms with van der Waals surface area (Å²) in [5.74, 6) is 8.61. The van der Waals surface area contributed by atoms with E-state index in [0.717, 1.165) is 65.4 Å². The molecule has 5 aromatic carbocycles. The number of anilines is 3. The summed E-state index contributed by atoms with van der Waals surface area (Å²) in [6, 6.07) is 40.6. The highest BCUT2D eigenvalue weighted by atomic mass is 16.5. The second kappa shape index (κ2) is 12.1. The first-order chi connectivity index (χ1) is 20.2. The number of benzene rings is 5. The molecule has 0 spiro atoms. The van der Waals surface area contributed by atoms with Crippen LogP contribution in [0.1, 0.15) is 33.4 Å². The molecule has 0 aromatic heterocycles. The highest BCUT2D eigenvalue weighted by molar-refractivity contribution is 5.77. The Kier molecular flexibility index (Phi) is 7.74. The average molecular weight is 536 g/mol. The molecule has 0 radical (unpaired) electrons. The number of aryl methyl sites for hydroxylation is 4. The van der Waals surface area contributed by atoms with Gasteiger partial charge in [-0.25, -0.2) is 0 Å². The molecule has 202 valence electrons. The van der Waals surface area contributed by atoms with Crippen LogP contribution in [0.3, 0.4) is 0 Å². The van der Waals surface area contributed by atoms with Crippen LogP contribution in [0.4, 0.5) is 17.1 Å². The van der Waals surface area contributed by atoms with E-state index in [0.29, 0.717) is 0 Å². The van der Waals surface area contributed by atoms with E-state index in [9.17, 15) is 0 Å². The Balaban J connectivity index is 1.29. The maximum atomic E-state index is 5.38. The average Bonchev–Trinajstić information content (AvgIpc) is 3.03. The van der Waals surface area contributed by atoms with Crippen LogP contribution in [-0.4, -0.2) is 14.2 Å². The van der Waals surface area contributed by atoms with Gasteiger partial charge in [-0.15, -0.1) is 0 Å². The molecular formula is C38H33NO2. The summed E-state index contributed by atoms with van der Waals surface area (Å²) in [4.78, 5) is 2.22. The first-order valence-corrected chi connectivity index (χ1v) is 14.1. The summed E-state index contributed by atoms with van der Waals surface area (Å²) in [5.41, 5.74) is 10.7. The Morgan fingerprint density at radius 3 is 1.49 bits per heavy atom. The molecule has 4 aliphatic carbocycles. The summed E-state index contributed by atoms with van der Waals surface area (Å²) in [6.07, 6.45) is 4.08. The number of methoxy groups -OCH3 is 2. The normalized spacial score (nSPS) is 12.0. The summed E-state index contributed by atoms with van der Waals surface area (Å²) in [5, 5.41) is 0. The number of hydrogen-bond donors (Lipinski definition) is 0. The third-order valence-electron chi connectivity index (χ3n) is 7.71. The van der Waals surface area contributed by atoms with Crippen LogP contribution >= 0.6 is 0 Å². The fraction of sp³-hybridized carbons (Fsp3) is 0.158. The number of rotatable bonds is 5. The molecule has 3 heteroatoms. The third kappa shape index (κ3) is 6.13. The van der Waals surface area contributed by atoms with E-state index in [1.54, 1.807) is 14.2 Å². The minimum absolute atomic E-state index is 0.826. The molecule has 0 N–H and O–H groups in total. The topological polar surface area (TPSA) is 21.7 Å². The fourth-order valence-corrected chi connectivity index (χ4v) is 5.30. The molecule has 9 rings (SSSR count). The molecule has 3 nitrogen and oxygen atoms in total. The van der Waals surface area contributed by atoms with E-state index in [4.69, 9.17) is 9.47 Å². The molecule has 0 unspecified atom stereocenters. The van der Waals surface area contributed by atoms with Gasteiger partial charge in [-0.1, -0.05) is 48.2 Å². The zero-order chi connectivity index (χ0) is 28.0. The van der Waals surface area contributed by atoms with Crippen LogP contribution in [0.15, 0.2) is 115 Å². The Bertz CT molecular complexity index is 1630. The lowest BCUT2D eigenvalue weighted by atomic mass is 9.93. The number of nitrogens with zero attached hydrogens (tertiary/aromatic N) is 1. The summed E-state index contributed by atoms with van der Waals surface area (Å²) in [6.45, 7) is 0. The van der Waals surface area contributed by atoms with Gasteiger partial charge in [0.05, 0.1) is 14.2 Å². The Labute approximate surface area is 243 Å². The summed E-state index contributed by atoms with van der Waals surface area (Å²) >= 11 is 0. The van der Waals surface area contributed by atoms with E-state index in [1.165, 1.54) is 22.3 Å². The molecule has 0 fully saturated rings. The quantitative estimate of drug-likeness (QED) is 0.211. The van der Waals surface area contributed by atoms with Crippen molar-refractivity contribution in [3.63, 3.8) is 0 Å². The molecule has 0 amide bonds. The molecule has 0 atom stereocenters. The van der Waals surface area contributed by atoms with Crippen LogP contribution in [0.25, 0.3) is 0 Å². The highest BCUT2D eigenvalue weighted by Gasteiger charge is 2.13. The van der Waals surface area contributed by atoms with Gasteiger partial charge in [0.25, 0.3) is 0 Å². The number of ether oxygens (including phenoxy) is 2. The molecule has 0 saturated heterocycles. The van der Waals surface area contributed by atoms with Crippen molar-refractivity contribution < 1.29 is 9.47 Å². The first kappa shape index (κ1) is 26.3. The zero-order valence-electron chi connectivity index (χ0n) is 23.6. The van der Waals surface area contributed by atoms with E-state index < -0.39 is 0 Å². The molecule has 4 bridgehead atoms. The van der Waals surface area contributed by atoms with E-state index >= 15 is 0 Å². The first-order valence-electron chi connectivity index (χ1n) is 14.1. The number of hydrogen-bond acceptors (Lipinski definition) is 3. The van der Waals surface area contributed by atoms with Gasteiger partial charge in [0.1, 0.15) is 11.5 Å². The van der Waals surface area contributed by atoms with E-state index in [1.807, 2.05) is 24.3 Å². The molecule has 0 heterocycles. The van der Waals surface area contributed by atoms with Crippen LogP contribution < -0.4 is 14.4 Å². The van der Waals surface area contributed by atoms with Gasteiger partial charge in [-0.3, -0.25) is 0 Å². The zero-order valence-corrected chi connectivity index (χ0v) is 23.6. The van der Waals surface area contributed by atoms with Gasteiger partial charge in [0, 0.05) is 28.2 Å². The largest absolute Gasteiger partial charge is 0.497 e. The molecule has 0 aliphatic heterocycles. The predicted octanol–water partition coefficient (Wildman–Crippen LogP) is 8.46. The second-order valence-corrected chi connectivity index (χ2v) is 10.3. The lowest BCUT2D eigenvalue weighted by Crippen LogP contribution is -2.09. The summed E-state index contributed by atoms with van der Waals surface area (Å²) in [7, 11) is 3.37. The van der Waals surface area contributed by atoms with Crippen LogP contribution in [0.2, 0.25) is 0 Å². The van der Waals surface area contributed by atoms with E-state index in [-0.39, 0.29) is 0 Å². The van der Waals surface area contributed by atoms with E-state index in [2.05, 4.69) is 108 Å². The van der Waals surface area contributed by atoms with Gasteiger partial charge in [-0.2, -0.15) is 0 Å². The maximum absolute atomic E-state index is 5.38. The standard InChI is InChI=1S/C38H33NO2/c1-40-37-23-19-35(20-24-37)39(36-21-25-38(41-2)26-22-36)34-17-12-30(13-18-34)10-16-33-27-31-8-7-28-3-5-29(6-4-28)9-14-32(33)15-11-31/h3-6,11-13,15,17-27H,7-9,14H2,1-2H3. The molecule has 0 saturated carbocycles. The fourth-order valence-electron chi connectivity index (χ4n) is 5.30.